The maximum Gasteiger partial charge on any atom is 0.411 e. The normalized spacial score (nSPS) is 13.5. The number of aldehydes is 1. The first-order chi connectivity index (χ1) is 8.90. The summed E-state index contributed by atoms with van der Waals surface area (Å²) in [5.74, 6) is -1.15. The topological polar surface area (TPSA) is 83.9 Å². The van der Waals surface area contributed by atoms with Crippen LogP contribution in [0.5, 0.6) is 0 Å². The van der Waals surface area contributed by atoms with Crippen LogP contribution >= 0.6 is 0 Å². The first-order valence-electron chi connectivity index (χ1n) is 6.59. The van der Waals surface area contributed by atoms with Gasteiger partial charge in [-0.1, -0.05) is 0 Å². The van der Waals surface area contributed by atoms with Gasteiger partial charge in [-0.25, -0.2) is 9.59 Å². The molecule has 0 heterocycles. The summed E-state index contributed by atoms with van der Waals surface area (Å²) in [4.78, 5) is 35.3. The van der Waals surface area contributed by atoms with E-state index in [-0.39, 0.29) is 12.8 Å². The highest BCUT2D eigenvalue weighted by molar-refractivity contribution is 5.81. The highest BCUT2D eigenvalue weighted by Gasteiger charge is 2.39. The number of carboxylic acids is 1. The number of aliphatic carboxylic acids is 1. The molecule has 0 rings (SSSR count). The van der Waals surface area contributed by atoms with Crippen LogP contribution in [0.4, 0.5) is 4.79 Å². The Morgan fingerprint density at radius 1 is 1.20 bits per heavy atom. The Bertz CT molecular complexity index is 365. The van der Waals surface area contributed by atoms with E-state index in [2.05, 4.69) is 0 Å². The van der Waals surface area contributed by atoms with Gasteiger partial charge in [-0.2, -0.15) is 0 Å². The molecule has 0 aliphatic rings. The fraction of sp³-hybridized carbons (Fsp3) is 0.786. The second kappa shape index (κ2) is 6.72. The summed E-state index contributed by atoms with van der Waals surface area (Å²) < 4.78 is 5.27. The van der Waals surface area contributed by atoms with Gasteiger partial charge in [0.25, 0.3) is 0 Å². The average Bonchev–Trinajstić information content (AvgIpc) is 2.18. The zero-order chi connectivity index (χ0) is 16.1. The van der Waals surface area contributed by atoms with Crippen molar-refractivity contribution >= 4 is 18.3 Å². The average molecular weight is 287 g/mol. The molecule has 1 N–H and O–H groups in total. The Morgan fingerprint density at radius 2 is 1.70 bits per heavy atom. The molecule has 20 heavy (non-hydrogen) atoms. The minimum absolute atomic E-state index is 0.0648. The van der Waals surface area contributed by atoms with Crippen LogP contribution in [0.25, 0.3) is 0 Å². The van der Waals surface area contributed by atoms with Gasteiger partial charge in [-0.3, -0.25) is 4.90 Å². The van der Waals surface area contributed by atoms with Crippen molar-refractivity contribution < 1.29 is 24.2 Å². The van der Waals surface area contributed by atoms with E-state index in [0.717, 1.165) is 0 Å². The van der Waals surface area contributed by atoms with Crippen LogP contribution in [0.2, 0.25) is 0 Å². The number of carboxylic acid groups (broad SMARTS) is 1. The Morgan fingerprint density at radius 3 is 2.00 bits per heavy atom. The second-order valence-electron chi connectivity index (χ2n) is 6.62. The quantitative estimate of drug-likeness (QED) is 0.785. The molecule has 0 aliphatic carbocycles. The minimum Gasteiger partial charge on any atom is -0.480 e. The number of hydrogen-bond acceptors (Lipinski definition) is 4. The molecular formula is C14H25NO5. The first kappa shape index (κ1) is 18.4. The third-order valence-electron chi connectivity index (χ3n) is 2.47. The van der Waals surface area contributed by atoms with Crippen molar-refractivity contribution in [3.63, 3.8) is 0 Å². The lowest BCUT2D eigenvalue weighted by Crippen LogP contribution is -2.55. The summed E-state index contributed by atoms with van der Waals surface area (Å²) in [6.45, 7) is 10.3. The van der Waals surface area contributed by atoms with E-state index in [4.69, 9.17) is 4.74 Å². The number of ether oxygens (including phenoxy) is 1. The molecule has 0 fully saturated rings. The maximum absolute atomic E-state index is 12.3. The Balaban J connectivity index is 5.36. The molecule has 1 amide bonds. The second-order valence-corrected chi connectivity index (χ2v) is 6.62. The van der Waals surface area contributed by atoms with Crippen LogP contribution in [0, 0.1) is 0 Å². The van der Waals surface area contributed by atoms with E-state index in [1.807, 2.05) is 0 Å². The fourth-order valence-electron chi connectivity index (χ4n) is 1.77. The van der Waals surface area contributed by atoms with Crippen molar-refractivity contribution in [3.05, 3.63) is 0 Å². The summed E-state index contributed by atoms with van der Waals surface area (Å²) in [6, 6.07) is -1.09. The molecule has 0 spiro atoms. The molecule has 0 saturated heterocycles. The lowest BCUT2D eigenvalue weighted by Gasteiger charge is -2.40. The van der Waals surface area contributed by atoms with Gasteiger partial charge in [0, 0.05) is 12.0 Å². The summed E-state index contributed by atoms with van der Waals surface area (Å²) in [7, 11) is 0. The molecule has 0 radical (unpaired) electrons. The molecule has 1 atom stereocenters. The van der Waals surface area contributed by atoms with Crippen LogP contribution in [-0.2, 0) is 14.3 Å². The van der Waals surface area contributed by atoms with Crippen LogP contribution < -0.4 is 0 Å². The summed E-state index contributed by atoms with van der Waals surface area (Å²) >= 11 is 0. The van der Waals surface area contributed by atoms with Gasteiger partial charge in [0.2, 0.25) is 0 Å². The van der Waals surface area contributed by atoms with Gasteiger partial charge in [-0.05, 0) is 48.0 Å². The molecule has 0 aromatic heterocycles. The molecule has 6 nitrogen and oxygen atoms in total. The first-order valence-corrected chi connectivity index (χ1v) is 6.59. The van der Waals surface area contributed by atoms with E-state index in [1.165, 1.54) is 4.90 Å². The number of rotatable bonds is 5. The molecule has 6 heteroatoms. The Hall–Kier alpha value is -1.59. The van der Waals surface area contributed by atoms with E-state index in [0.29, 0.717) is 6.29 Å². The molecule has 0 aromatic rings. The zero-order valence-electron chi connectivity index (χ0n) is 13.1. The number of carbonyl (C=O) groups is 3. The lowest BCUT2D eigenvalue weighted by molar-refractivity contribution is -0.145. The SMILES string of the molecule is CC(C)(C)OC(=O)N(C(CCC=O)C(=O)O)C(C)(C)C. The number of amides is 1. The Kier molecular flexibility index (Phi) is 6.19. The van der Waals surface area contributed by atoms with Crippen molar-refractivity contribution in [1.82, 2.24) is 4.90 Å². The zero-order valence-corrected chi connectivity index (χ0v) is 13.1. The Labute approximate surface area is 120 Å². The van der Waals surface area contributed by atoms with Gasteiger partial charge in [-0.15, -0.1) is 0 Å². The molecule has 0 aliphatic heterocycles. The van der Waals surface area contributed by atoms with Gasteiger partial charge in [0.05, 0.1) is 0 Å². The van der Waals surface area contributed by atoms with E-state index in [1.54, 1.807) is 41.5 Å². The van der Waals surface area contributed by atoms with Crippen LogP contribution in [0.3, 0.4) is 0 Å². The fourth-order valence-corrected chi connectivity index (χ4v) is 1.77. The molecule has 0 aromatic carbocycles. The van der Waals surface area contributed by atoms with Crippen molar-refractivity contribution in [3.8, 4) is 0 Å². The smallest absolute Gasteiger partial charge is 0.411 e. The highest BCUT2D eigenvalue weighted by atomic mass is 16.6. The summed E-state index contributed by atoms with van der Waals surface area (Å²) in [6.07, 6.45) is 0.0939. The molecular weight excluding hydrogens is 262 g/mol. The van der Waals surface area contributed by atoms with Crippen molar-refractivity contribution in [1.29, 1.82) is 0 Å². The molecule has 0 bridgehead atoms. The standard InChI is InChI=1S/C14H25NO5/c1-13(2,3)15(12(19)20-14(4,5)6)10(11(17)18)8-7-9-16/h9-10H,7-8H2,1-6H3,(H,17,18). The predicted molar refractivity (Wildman–Crippen MR) is 74.5 cm³/mol. The molecule has 0 saturated carbocycles. The van der Waals surface area contributed by atoms with E-state index in [9.17, 15) is 19.5 Å². The van der Waals surface area contributed by atoms with Crippen molar-refractivity contribution in [2.75, 3.05) is 0 Å². The largest absolute Gasteiger partial charge is 0.480 e. The van der Waals surface area contributed by atoms with E-state index < -0.39 is 29.2 Å². The van der Waals surface area contributed by atoms with Crippen LogP contribution in [-0.4, -0.2) is 45.5 Å². The highest BCUT2D eigenvalue weighted by Crippen LogP contribution is 2.23. The van der Waals surface area contributed by atoms with E-state index >= 15 is 0 Å². The third-order valence-corrected chi connectivity index (χ3v) is 2.47. The minimum atomic E-state index is -1.15. The predicted octanol–water partition coefficient (Wildman–Crippen LogP) is 2.45. The number of nitrogens with zero attached hydrogens (tertiary/aromatic N) is 1. The summed E-state index contributed by atoms with van der Waals surface area (Å²) in [5, 5.41) is 9.32. The van der Waals surface area contributed by atoms with Gasteiger partial charge in [0.15, 0.2) is 0 Å². The number of carbonyl (C=O) groups excluding carboxylic acids is 2. The van der Waals surface area contributed by atoms with Crippen LogP contribution in [0.1, 0.15) is 54.4 Å². The monoisotopic (exact) mass is 287 g/mol. The molecule has 116 valence electrons. The maximum atomic E-state index is 12.3. The summed E-state index contributed by atoms with van der Waals surface area (Å²) in [5.41, 5.74) is -1.44. The van der Waals surface area contributed by atoms with Crippen molar-refractivity contribution in [2.24, 2.45) is 0 Å². The van der Waals surface area contributed by atoms with Crippen LogP contribution in [0.15, 0.2) is 0 Å². The van der Waals surface area contributed by atoms with Gasteiger partial charge < -0.3 is 14.6 Å². The van der Waals surface area contributed by atoms with Gasteiger partial charge >= 0.3 is 12.1 Å². The third kappa shape index (κ3) is 6.04. The molecule has 1 unspecified atom stereocenters. The van der Waals surface area contributed by atoms with Gasteiger partial charge in [0.1, 0.15) is 17.9 Å². The lowest BCUT2D eigenvalue weighted by atomic mass is 10.0. The number of hydrogen-bond donors (Lipinski definition) is 1. The van der Waals surface area contributed by atoms with Crippen molar-refractivity contribution in [2.45, 2.75) is 71.6 Å².